The molecule has 8 heavy (non-hydrogen) atoms. The maximum Gasteiger partial charge on any atom is 0.305 e. The molecule has 0 aliphatic carbocycles. The molecule has 0 amide bonds. The third-order valence-corrected chi connectivity index (χ3v) is 0.539. The number of aliphatic hydroxyl groups is 1. The first kappa shape index (κ1) is 2.82. The zero-order valence-corrected chi connectivity index (χ0v) is 4.47. The number of hydrogen-bond donors (Lipinski definition) is 1. The average molecular weight is 122 g/mol. The first-order valence-electron chi connectivity index (χ1n) is 4.00. The lowest BCUT2D eigenvalue weighted by molar-refractivity contribution is -0.140. The summed E-state index contributed by atoms with van der Waals surface area (Å²) in [5, 5.41) is 8.64. The predicted molar refractivity (Wildman–Crippen MR) is 28.3 cm³/mol. The normalized spacial score (nSPS) is 19.8. The molecular weight excluding hydrogens is 108 g/mol. The van der Waals surface area contributed by atoms with E-state index in [4.69, 9.17) is 10.6 Å². The molecule has 0 aromatic carbocycles. The Morgan fingerprint density at radius 1 is 2.00 bits per heavy atom. The van der Waals surface area contributed by atoms with E-state index in [-0.39, 0.29) is 0 Å². The number of carbonyl (C=O) groups is 1. The molecule has 0 unspecified atom stereocenters. The van der Waals surface area contributed by atoms with Gasteiger partial charge >= 0.3 is 5.97 Å². The van der Waals surface area contributed by atoms with Gasteiger partial charge in [0.2, 0.25) is 0 Å². The van der Waals surface area contributed by atoms with E-state index < -0.39 is 25.3 Å². The van der Waals surface area contributed by atoms with Gasteiger partial charge in [0.15, 0.2) is 0 Å². The minimum Gasteiger partial charge on any atom is -0.469 e. The molecule has 0 radical (unpaired) electrons. The summed E-state index contributed by atoms with van der Waals surface area (Å²) in [4.78, 5) is 10.5. The van der Waals surface area contributed by atoms with Crippen molar-refractivity contribution in [1.82, 2.24) is 0 Å². The van der Waals surface area contributed by atoms with Crippen LogP contribution < -0.4 is 0 Å². The monoisotopic (exact) mass is 122 g/mol. The highest BCUT2D eigenvalue weighted by molar-refractivity contribution is 5.68. The fourth-order valence-electron chi connectivity index (χ4n) is 0.184. The van der Waals surface area contributed by atoms with Gasteiger partial charge in [0.05, 0.1) is 9.85 Å². The van der Waals surface area contributed by atoms with Crippen molar-refractivity contribution in [1.29, 1.82) is 0 Å². The van der Waals surface area contributed by atoms with Gasteiger partial charge in [0.1, 0.15) is 0 Å². The van der Waals surface area contributed by atoms with E-state index in [2.05, 4.69) is 4.74 Å². The van der Waals surface area contributed by atoms with Crippen molar-refractivity contribution in [2.24, 2.45) is 0 Å². The van der Waals surface area contributed by atoms with Crippen LogP contribution in [0.15, 0.2) is 0 Å². The van der Waals surface area contributed by atoms with Crippen LogP contribution in [0.5, 0.6) is 0 Å². The molecule has 3 heteroatoms. The first-order chi connectivity index (χ1) is 5.20. The molecule has 3 nitrogen and oxygen atoms in total. The van der Waals surface area contributed by atoms with Gasteiger partial charge in [-0.15, -0.1) is 0 Å². The lowest BCUT2D eigenvalue weighted by atomic mass is 10.3. The topological polar surface area (TPSA) is 46.5 Å². The Bertz CT molecular complexity index is 174. The second-order valence-corrected chi connectivity index (χ2v) is 1.04. The van der Waals surface area contributed by atoms with Gasteiger partial charge in [-0.2, -0.15) is 0 Å². The van der Waals surface area contributed by atoms with Crippen molar-refractivity contribution in [2.45, 2.75) is 12.8 Å². The maximum atomic E-state index is 10.5. The van der Waals surface area contributed by atoms with Crippen LogP contribution in [0.25, 0.3) is 0 Å². The summed E-state index contributed by atoms with van der Waals surface area (Å²) < 4.78 is 31.3. The number of methoxy groups -OCH3 is 1. The van der Waals surface area contributed by atoms with Crippen molar-refractivity contribution in [3.05, 3.63) is 0 Å². The minimum atomic E-state index is -3.04. The molecule has 0 atom stereocenters. The van der Waals surface area contributed by atoms with Crippen LogP contribution >= 0.6 is 0 Å². The van der Waals surface area contributed by atoms with Gasteiger partial charge < -0.3 is 9.84 Å². The molecule has 0 heterocycles. The molecule has 0 aromatic rings. The summed E-state index contributed by atoms with van der Waals surface area (Å²) >= 11 is 0. The van der Waals surface area contributed by atoms with Crippen LogP contribution in [-0.2, 0) is 9.53 Å². The third-order valence-electron chi connectivity index (χ3n) is 0.539. The zero-order chi connectivity index (χ0) is 9.99. The Morgan fingerprint density at radius 2 is 2.62 bits per heavy atom. The summed E-state index contributed by atoms with van der Waals surface area (Å²) in [7, 11) is 1.06. The molecule has 0 saturated carbocycles. The highest BCUT2D eigenvalue weighted by Gasteiger charge is 1.95. The standard InChI is InChI=1S/C5H10O3/c1-8-5(7)3-2-4-6/h6H,2-4H2,1H3/i2D2,4D2. The van der Waals surface area contributed by atoms with Crippen molar-refractivity contribution in [3.63, 3.8) is 0 Å². The Balaban J connectivity index is 4.33. The van der Waals surface area contributed by atoms with E-state index >= 15 is 0 Å². The van der Waals surface area contributed by atoms with Gasteiger partial charge in [-0.05, 0) is 6.37 Å². The number of ether oxygens (including phenoxy) is 1. The number of esters is 1. The molecule has 0 aliphatic heterocycles. The smallest absolute Gasteiger partial charge is 0.305 e. The SMILES string of the molecule is [2H]C([2H])(O)C([2H])([2H])CC(=O)OC. The van der Waals surface area contributed by atoms with Crippen LogP contribution in [0.4, 0.5) is 0 Å². The fourth-order valence-corrected chi connectivity index (χ4v) is 0.184. The molecule has 0 aliphatic rings. The molecule has 48 valence electrons. The summed E-state index contributed by atoms with van der Waals surface area (Å²) in [6.07, 6.45) is -3.44. The fraction of sp³-hybridized carbons (Fsp3) is 0.800. The second kappa shape index (κ2) is 4.59. The van der Waals surface area contributed by atoms with Gasteiger partial charge in [-0.25, -0.2) is 0 Å². The summed E-state index contributed by atoms with van der Waals surface area (Å²) in [6, 6.07) is 0. The number of rotatable bonds is 3. The van der Waals surface area contributed by atoms with Crippen LogP contribution in [0.1, 0.15) is 18.3 Å². The van der Waals surface area contributed by atoms with E-state index in [9.17, 15) is 4.79 Å². The largest absolute Gasteiger partial charge is 0.469 e. The lowest BCUT2D eigenvalue weighted by Crippen LogP contribution is -2.00. The van der Waals surface area contributed by atoms with Crippen LogP contribution in [0.3, 0.4) is 0 Å². The number of hydrogen-bond acceptors (Lipinski definition) is 3. The lowest BCUT2D eigenvalue weighted by Gasteiger charge is -1.93. The Hall–Kier alpha value is -0.570. The number of carbonyl (C=O) groups excluding carboxylic acids is 1. The van der Waals surface area contributed by atoms with E-state index in [1.165, 1.54) is 0 Å². The molecule has 0 rings (SSSR count). The average Bonchev–Trinajstić information content (AvgIpc) is 1.84. The minimum absolute atomic E-state index is 0.812. The van der Waals surface area contributed by atoms with Crippen molar-refractivity contribution in [3.8, 4) is 0 Å². The zero-order valence-electron chi connectivity index (χ0n) is 8.47. The molecule has 0 bridgehead atoms. The molecular formula is C5H10O3. The van der Waals surface area contributed by atoms with Crippen LogP contribution in [0, 0.1) is 0 Å². The van der Waals surface area contributed by atoms with Crippen LogP contribution in [0.2, 0.25) is 0 Å². The highest BCUT2D eigenvalue weighted by atomic mass is 16.5. The molecule has 1 N–H and O–H groups in total. The van der Waals surface area contributed by atoms with E-state index in [1.54, 1.807) is 0 Å². The molecule has 0 saturated heterocycles. The van der Waals surface area contributed by atoms with Crippen molar-refractivity contribution in [2.75, 3.05) is 13.7 Å². The van der Waals surface area contributed by atoms with E-state index in [0.717, 1.165) is 7.11 Å². The van der Waals surface area contributed by atoms with Gasteiger partial charge in [-0.1, -0.05) is 0 Å². The van der Waals surface area contributed by atoms with Gasteiger partial charge in [-0.3, -0.25) is 4.79 Å². The Labute approximate surface area is 53.9 Å². The van der Waals surface area contributed by atoms with Crippen molar-refractivity contribution < 1.29 is 20.1 Å². The van der Waals surface area contributed by atoms with E-state index in [1.807, 2.05) is 0 Å². The Kier molecular flexibility index (Phi) is 1.62. The molecule has 0 aromatic heterocycles. The second-order valence-electron chi connectivity index (χ2n) is 1.04. The summed E-state index contributed by atoms with van der Waals surface area (Å²) in [5.41, 5.74) is 0. The maximum absolute atomic E-state index is 10.5. The van der Waals surface area contributed by atoms with Crippen molar-refractivity contribution >= 4 is 5.97 Å². The van der Waals surface area contributed by atoms with Gasteiger partial charge in [0, 0.05) is 15.7 Å². The first-order valence-corrected chi connectivity index (χ1v) is 2.00. The van der Waals surface area contributed by atoms with Crippen LogP contribution in [-0.4, -0.2) is 24.7 Å². The summed E-state index contributed by atoms with van der Waals surface area (Å²) in [5.74, 6) is -0.905. The van der Waals surface area contributed by atoms with Gasteiger partial charge in [0.25, 0.3) is 0 Å². The predicted octanol–water partition coefficient (Wildman–Crippen LogP) is -0.0681. The molecule has 0 spiro atoms. The quantitative estimate of drug-likeness (QED) is 0.533. The molecule has 0 fully saturated rings. The summed E-state index contributed by atoms with van der Waals surface area (Å²) in [6.45, 7) is -3.04. The highest BCUT2D eigenvalue weighted by Crippen LogP contribution is 1.87. The van der Waals surface area contributed by atoms with E-state index in [0.29, 0.717) is 0 Å². The Morgan fingerprint density at radius 3 is 3.00 bits per heavy atom. The third kappa shape index (κ3) is 3.61.